The van der Waals surface area contributed by atoms with Gasteiger partial charge >= 0.3 is 0 Å². The summed E-state index contributed by atoms with van der Waals surface area (Å²) in [5, 5.41) is 0.0411. The molecule has 0 aliphatic rings. The number of halogens is 4. The van der Waals surface area contributed by atoms with E-state index in [1.165, 1.54) is 0 Å². The Balaban J connectivity index is 3.30. The molecule has 0 unspecified atom stereocenters. The number of rotatable bonds is 2. The van der Waals surface area contributed by atoms with Crippen molar-refractivity contribution in [1.82, 2.24) is 4.98 Å². The highest BCUT2D eigenvalue weighted by Gasteiger charge is 2.14. The maximum absolute atomic E-state index is 12.2. The van der Waals surface area contributed by atoms with Crippen molar-refractivity contribution in [3.8, 4) is 0 Å². The molecule has 70 valence electrons. The Morgan fingerprint density at radius 2 is 2.23 bits per heavy atom. The van der Waals surface area contributed by atoms with Crippen molar-refractivity contribution in [1.29, 1.82) is 0 Å². The first-order valence-electron chi connectivity index (χ1n) is 3.15. The fourth-order valence-corrected chi connectivity index (χ4v) is 1.30. The van der Waals surface area contributed by atoms with Crippen LogP contribution in [0.3, 0.4) is 0 Å². The first-order valence-corrected chi connectivity index (χ1v) is 4.32. The second kappa shape index (κ2) is 4.11. The Labute approximate surface area is 86.0 Å². The summed E-state index contributed by atoms with van der Waals surface area (Å²) < 4.78 is 24.5. The number of aldehydes is 1. The molecule has 0 aliphatic carbocycles. The highest BCUT2D eigenvalue weighted by molar-refractivity contribution is 9.10. The molecule has 13 heavy (non-hydrogen) atoms. The minimum absolute atomic E-state index is 0.0411. The van der Waals surface area contributed by atoms with Gasteiger partial charge in [-0.3, -0.25) is 4.79 Å². The summed E-state index contributed by atoms with van der Waals surface area (Å²) in [6.07, 6.45) is -2.38. The van der Waals surface area contributed by atoms with Gasteiger partial charge in [0.05, 0.1) is 5.02 Å². The van der Waals surface area contributed by atoms with E-state index in [1.807, 2.05) is 0 Å². The van der Waals surface area contributed by atoms with Crippen molar-refractivity contribution in [2.45, 2.75) is 6.43 Å². The summed E-state index contributed by atoms with van der Waals surface area (Å²) >= 11 is 8.53. The van der Waals surface area contributed by atoms with Gasteiger partial charge in [-0.1, -0.05) is 11.6 Å². The van der Waals surface area contributed by atoms with Gasteiger partial charge in [0.1, 0.15) is 11.4 Å². The van der Waals surface area contributed by atoms with Gasteiger partial charge in [0.2, 0.25) is 0 Å². The fraction of sp³-hybridized carbons (Fsp3) is 0.143. The van der Waals surface area contributed by atoms with Crippen molar-refractivity contribution in [3.63, 3.8) is 0 Å². The van der Waals surface area contributed by atoms with Crippen LogP contribution in [0.5, 0.6) is 0 Å². The zero-order valence-corrected chi connectivity index (χ0v) is 8.44. The highest BCUT2D eigenvalue weighted by atomic mass is 79.9. The third-order valence-electron chi connectivity index (χ3n) is 1.29. The van der Waals surface area contributed by atoms with Gasteiger partial charge in [0.25, 0.3) is 6.43 Å². The Morgan fingerprint density at radius 3 is 2.69 bits per heavy atom. The quantitative estimate of drug-likeness (QED) is 0.772. The standard InChI is InChI=1S/C7H3BrClF2NO/c8-3-1-4(7(10)11)12-5(2-13)6(3)9/h1-2,7H. The van der Waals surface area contributed by atoms with Crippen molar-refractivity contribution in [2.24, 2.45) is 0 Å². The number of aromatic nitrogens is 1. The van der Waals surface area contributed by atoms with E-state index in [2.05, 4.69) is 20.9 Å². The van der Waals surface area contributed by atoms with Crippen LogP contribution in [-0.2, 0) is 0 Å². The van der Waals surface area contributed by atoms with Gasteiger partial charge in [-0.05, 0) is 22.0 Å². The molecular weight excluding hydrogens is 267 g/mol. The number of carbonyl (C=O) groups is 1. The van der Waals surface area contributed by atoms with E-state index >= 15 is 0 Å². The first-order chi connectivity index (χ1) is 6.06. The molecule has 1 aromatic heterocycles. The number of hydrogen-bond acceptors (Lipinski definition) is 2. The summed E-state index contributed by atoms with van der Waals surface area (Å²) in [6.45, 7) is 0. The van der Waals surface area contributed by atoms with Gasteiger partial charge in [-0.25, -0.2) is 13.8 Å². The maximum atomic E-state index is 12.2. The van der Waals surface area contributed by atoms with Gasteiger partial charge in [-0.15, -0.1) is 0 Å². The molecule has 1 aromatic rings. The van der Waals surface area contributed by atoms with Gasteiger partial charge in [0.15, 0.2) is 6.29 Å². The molecule has 2 nitrogen and oxygen atoms in total. The van der Waals surface area contributed by atoms with Crippen LogP contribution in [0.1, 0.15) is 22.6 Å². The molecule has 0 aromatic carbocycles. The summed E-state index contributed by atoms with van der Waals surface area (Å²) in [4.78, 5) is 13.7. The zero-order valence-electron chi connectivity index (χ0n) is 6.10. The van der Waals surface area contributed by atoms with Crippen molar-refractivity contribution < 1.29 is 13.6 Å². The minimum atomic E-state index is -2.72. The zero-order chi connectivity index (χ0) is 10.0. The van der Waals surface area contributed by atoms with E-state index < -0.39 is 12.1 Å². The number of hydrogen-bond donors (Lipinski definition) is 0. The molecule has 0 aliphatic heterocycles. The van der Waals surface area contributed by atoms with Crippen LogP contribution >= 0.6 is 27.5 Å². The van der Waals surface area contributed by atoms with E-state index in [9.17, 15) is 13.6 Å². The van der Waals surface area contributed by atoms with Crippen LogP contribution in [0.15, 0.2) is 10.5 Å². The average Bonchev–Trinajstić information content (AvgIpc) is 2.09. The predicted molar refractivity (Wildman–Crippen MR) is 47.3 cm³/mol. The maximum Gasteiger partial charge on any atom is 0.280 e. The molecule has 6 heteroatoms. The van der Waals surface area contributed by atoms with Gasteiger partial charge < -0.3 is 0 Å². The molecule has 1 rings (SSSR count). The lowest BCUT2D eigenvalue weighted by molar-refractivity contribution is 0.111. The molecule has 0 spiro atoms. The molecular formula is C7H3BrClF2NO. The smallest absolute Gasteiger partial charge is 0.280 e. The lowest BCUT2D eigenvalue weighted by Gasteiger charge is -2.03. The molecule has 0 radical (unpaired) electrons. The average molecular weight is 270 g/mol. The summed E-state index contributed by atoms with van der Waals surface area (Å²) in [5.74, 6) is 0. The van der Waals surface area contributed by atoms with E-state index in [-0.39, 0.29) is 15.2 Å². The molecule has 0 N–H and O–H groups in total. The van der Waals surface area contributed by atoms with Crippen molar-refractivity contribution in [3.05, 3.63) is 26.9 Å². The fourth-order valence-electron chi connectivity index (χ4n) is 0.726. The van der Waals surface area contributed by atoms with Crippen molar-refractivity contribution in [2.75, 3.05) is 0 Å². The second-order valence-corrected chi connectivity index (χ2v) is 3.38. The molecule has 0 atom stereocenters. The summed E-state index contributed by atoms with van der Waals surface area (Å²) in [7, 11) is 0. The largest absolute Gasteiger partial charge is 0.296 e. The first kappa shape index (κ1) is 10.5. The van der Waals surface area contributed by atoms with Crippen LogP contribution in [-0.4, -0.2) is 11.3 Å². The number of pyridine rings is 1. The van der Waals surface area contributed by atoms with Gasteiger partial charge in [0, 0.05) is 4.47 Å². The summed E-state index contributed by atoms with van der Waals surface area (Å²) in [6, 6.07) is 1.08. The molecule has 0 saturated heterocycles. The third-order valence-corrected chi connectivity index (χ3v) is 2.54. The minimum Gasteiger partial charge on any atom is -0.296 e. The number of nitrogens with zero attached hydrogens (tertiary/aromatic N) is 1. The molecule has 0 amide bonds. The lowest BCUT2D eigenvalue weighted by Crippen LogP contribution is -1.96. The Bertz CT molecular complexity index is 346. The molecule has 0 fully saturated rings. The highest BCUT2D eigenvalue weighted by Crippen LogP contribution is 2.28. The third kappa shape index (κ3) is 2.22. The molecule has 1 heterocycles. The van der Waals surface area contributed by atoms with Crippen LogP contribution in [0.25, 0.3) is 0 Å². The molecule has 0 bridgehead atoms. The monoisotopic (exact) mass is 269 g/mol. The van der Waals surface area contributed by atoms with E-state index in [0.717, 1.165) is 6.07 Å². The number of alkyl halides is 2. The normalized spacial score (nSPS) is 10.5. The van der Waals surface area contributed by atoms with E-state index in [1.54, 1.807) is 0 Å². The predicted octanol–water partition coefficient (Wildman–Crippen LogP) is 3.25. The summed E-state index contributed by atoms with van der Waals surface area (Å²) in [5.41, 5.74) is -0.662. The van der Waals surface area contributed by atoms with Crippen LogP contribution in [0.2, 0.25) is 5.02 Å². The van der Waals surface area contributed by atoms with Gasteiger partial charge in [-0.2, -0.15) is 0 Å². The second-order valence-electron chi connectivity index (χ2n) is 2.15. The lowest BCUT2D eigenvalue weighted by atomic mass is 10.3. The topological polar surface area (TPSA) is 30.0 Å². The van der Waals surface area contributed by atoms with Crippen LogP contribution in [0, 0.1) is 0 Å². The van der Waals surface area contributed by atoms with E-state index in [0.29, 0.717) is 6.29 Å². The van der Waals surface area contributed by atoms with Crippen LogP contribution in [0.4, 0.5) is 8.78 Å². The molecule has 0 saturated carbocycles. The van der Waals surface area contributed by atoms with Crippen LogP contribution < -0.4 is 0 Å². The Kier molecular flexibility index (Phi) is 3.33. The Morgan fingerprint density at radius 1 is 1.62 bits per heavy atom. The number of carbonyl (C=O) groups excluding carboxylic acids is 1. The SMILES string of the molecule is O=Cc1nc(C(F)F)cc(Br)c1Cl. The van der Waals surface area contributed by atoms with Crippen molar-refractivity contribution >= 4 is 33.8 Å². The van der Waals surface area contributed by atoms with E-state index in [4.69, 9.17) is 11.6 Å². The Hall–Kier alpha value is -0.550.